The third-order valence-electron chi connectivity index (χ3n) is 5.48. The summed E-state index contributed by atoms with van der Waals surface area (Å²) in [7, 11) is -2.08. The molecule has 0 aliphatic carbocycles. The van der Waals surface area contributed by atoms with Crippen molar-refractivity contribution in [1.82, 2.24) is 9.62 Å². The van der Waals surface area contributed by atoms with Gasteiger partial charge in [0.15, 0.2) is 0 Å². The van der Waals surface area contributed by atoms with Crippen molar-refractivity contribution < 1.29 is 17.9 Å². The number of aryl methyl sites for hydroxylation is 2. The molecule has 6 nitrogen and oxygen atoms in total. The number of hydrogen-bond acceptors (Lipinski definition) is 4. The van der Waals surface area contributed by atoms with Gasteiger partial charge in [-0.3, -0.25) is 4.79 Å². The Morgan fingerprint density at radius 1 is 1.20 bits per heavy atom. The lowest BCUT2D eigenvalue weighted by Crippen LogP contribution is -2.45. The average Bonchev–Trinajstić information content (AvgIpc) is 2.77. The Balaban J connectivity index is 1.52. The smallest absolute Gasteiger partial charge is 0.243 e. The molecule has 1 atom stereocenters. The largest absolute Gasteiger partial charge is 0.497 e. The van der Waals surface area contributed by atoms with Crippen molar-refractivity contribution in [2.24, 2.45) is 5.92 Å². The molecule has 1 aliphatic rings. The van der Waals surface area contributed by atoms with Crippen LogP contribution in [0.2, 0.25) is 0 Å². The molecule has 0 saturated carbocycles. The maximum absolute atomic E-state index is 13.0. The molecule has 1 unspecified atom stereocenters. The van der Waals surface area contributed by atoms with Gasteiger partial charge < -0.3 is 10.1 Å². The zero-order chi connectivity index (χ0) is 21.6. The molecule has 1 fully saturated rings. The fourth-order valence-corrected chi connectivity index (χ4v) is 5.31. The Hall–Kier alpha value is -2.38. The minimum Gasteiger partial charge on any atom is -0.497 e. The highest BCUT2D eigenvalue weighted by Gasteiger charge is 2.33. The van der Waals surface area contributed by atoms with Gasteiger partial charge in [-0.25, -0.2) is 8.42 Å². The van der Waals surface area contributed by atoms with Gasteiger partial charge in [-0.1, -0.05) is 29.8 Å². The Kier molecular flexibility index (Phi) is 7.50. The van der Waals surface area contributed by atoms with E-state index < -0.39 is 10.0 Å². The molecule has 2 aromatic carbocycles. The van der Waals surface area contributed by atoms with Crippen molar-refractivity contribution in [1.29, 1.82) is 0 Å². The fourth-order valence-electron chi connectivity index (χ4n) is 3.79. The van der Waals surface area contributed by atoms with Crippen LogP contribution >= 0.6 is 0 Å². The number of benzene rings is 2. The molecule has 30 heavy (non-hydrogen) atoms. The number of piperidine rings is 1. The van der Waals surface area contributed by atoms with Crippen LogP contribution < -0.4 is 10.1 Å². The summed E-state index contributed by atoms with van der Waals surface area (Å²) in [6.45, 7) is 3.32. The molecule has 1 heterocycles. The number of rotatable bonds is 8. The summed E-state index contributed by atoms with van der Waals surface area (Å²) in [6.07, 6.45) is 3.15. The number of nitrogens with one attached hydrogen (secondary N) is 1. The molecule has 162 valence electrons. The SMILES string of the molecule is COc1ccc(S(=O)(=O)N2CCCC(C(=O)NCCCc3cccc(C)c3)C2)cc1. The molecule has 7 heteroatoms. The molecule has 0 aromatic heterocycles. The fraction of sp³-hybridized carbons (Fsp3) is 0.435. The molecule has 1 aliphatic heterocycles. The quantitative estimate of drug-likeness (QED) is 0.653. The zero-order valence-electron chi connectivity index (χ0n) is 17.6. The number of nitrogens with zero attached hydrogens (tertiary/aromatic N) is 1. The van der Waals surface area contributed by atoms with E-state index in [1.165, 1.54) is 22.5 Å². The van der Waals surface area contributed by atoms with Gasteiger partial charge in [-0.2, -0.15) is 4.31 Å². The first kappa shape index (κ1) is 22.3. The maximum atomic E-state index is 13.0. The summed E-state index contributed by atoms with van der Waals surface area (Å²) in [5.41, 5.74) is 2.50. The van der Waals surface area contributed by atoms with Crippen LogP contribution in [-0.2, 0) is 21.2 Å². The van der Waals surface area contributed by atoms with Crippen LogP contribution in [0, 0.1) is 12.8 Å². The highest BCUT2D eigenvalue weighted by Crippen LogP contribution is 2.25. The number of ether oxygens (including phenoxy) is 1. The lowest BCUT2D eigenvalue weighted by molar-refractivity contribution is -0.126. The molecule has 0 radical (unpaired) electrons. The molecular weight excluding hydrogens is 400 g/mol. The lowest BCUT2D eigenvalue weighted by atomic mass is 9.98. The van der Waals surface area contributed by atoms with E-state index in [4.69, 9.17) is 4.74 Å². The molecule has 3 rings (SSSR count). The van der Waals surface area contributed by atoms with E-state index in [1.807, 2.05) is 6.07 Å². The highest BCUT2D eigenvalue weighted by atomic mass is 32.2. The Morgan fingerprint density at radius 3 is 2.67 bits per heavy atom. The first-order valence-electron chi connectivity index (χ1n) is 10.4. The average molecular weight is 431 g/mol. The number of carbonyl (C=O) groups excluding carboxylic acids is 1. The predicted molar refractivity (Wildman–Crippen MR) is 117 cm³/mol. The monoisotopic (exact) mass is 430 g/mol. The summed E-state index contributed by atoms with van der Waals surface area (Å²) in [4.78, 5) is 12.8. The first-order chi connectivity index (χ1) is 14.4. The van der Waals surface area contributed by atoms with Crippen LogP contribution in [0.4, 0.5) is 0 Å². The molecule has 1 saturated heterocycles. The van der Waals surface area contributed by atoms with E-state index in [2.05, 4.69) is 30.4 Å². The van der Waals surface area contributed by atoms with Crippen molar-refractivity contribution >= 4 is 15.9 Å². The number of sulfonamides is 1. The highest BCUT2D eigenvalue weighted by molar-refractivity contribution is 7.89. The normalized spacial score (nSPS) is 17.5. The molecule has 1 amide bonds. The van der Waals surface area contributed by atoms with Crippen LogP contribution in [0.25, 0.3) is 0 Å². The standard InChI is InChI=1S/C23H30N2O4S/c1-18-6-3-7-19(16-18)8-4-14-24-23(26)20-9-5-15-25(17-20)30(27,28)22-12-10-21(29-2)11-13-22/h3,6-7,10-13,16,20H,4-5,8-9,14-15,17H2,1-2H3,(H,24,26). The van der Waals surface area contributed by atoms with Crippen molar-refractivity contribution in [3.63, 3.8) is 0 Å². The molecule has 0 spiro atoms. The Labute approximate surface area is 179 Å². The summed E-state index contributed by atoms with van der Waals surface area (Å²) >= 11 is 0. The second kappa shape index (κ2) is 10.1. The summed E-state index contributed by atoms with van der Waals surface area (Å²) < 4.78 is 32.4. The number of carbonyl (C=O) groups is 1. The maximum Gasteiger partial charge on any atom is 0.243 e. The van der Waals surface area contributed by atoms with E-state index in [9.17, 15) is 13.2 Å². The van der Waals surface area contributed by atoms with Crippen molar-refractivity contribution in [3.8, 4) is 5.75 Å². The van der Waals surface area contributed by atoms with Gasteiger partial charge in [0.25, 0.3) is 0 Å². The number of hydrogen-bond donors (Lipinski definition) is 1. The van der Waals surface area contributed by atoms with Crippen LogP contribution in [0.15, 0.2) is 53.4 Å². The van der Waals surface area contributed by atoms with E-state index in [0.29, 0.717) is 31.7 Å². The van der Waals surface area contributed by atoms with Crippen LogP contribution in [0.1, 0.15) is 30.4 Å². The van der Waals surface area contributed by atoms with Gasteiger partial charge in [0.2, 0.25) is 15.9 Å². The second-order valence-corrected chi connectivity index (χ2v) is 9.70. The van der Waals surface area contributed by atoms with Crippen LogP contribution in [0.3, 0.4) is 0 Å². The third kappa shape index (κ3) is 5.61. The Bertz CT molecular complexity index is 957. The van der Waals surface area contributed by atoms with Crippen molar-refractivity contribution in [3.05, 3.63) is 59.7 Å². The van der Waals surface area contributed by atoms with Gasteiger partial charge >= 0.3 is 0 Å². The van der Waals surface area contributed by atoms with Crippen LogP contribution in [-0.4, -0.2) is 45.4 Å². The van der Waals surface area contributed by atoms with Gasteiger partial charge in [-0.15, -0.1) is 0 Å². The van der Waals surface area contributed by atoms with E-state index in [-0.39, 0.29) is 23.3 Å². The summed E-state index contributed by atoms with van der Waals surface area (Å²) in [5.74, 6) is 0.232. The zero-order valence-corrected chi connectivity index (χ0v) is 18.5. The van der Waals surface area contributed by atoms with Crippen molar-refractivity contribution in [2.75, 3.05) is 26.7 Å². The minimum atomic E-state index is -3.62. The topological polar surface area (TPSA) is 75.7 Å². The van der Waals surface area contributed by atoms with E-state index in [0.717, 1.165) is 12.8 Å². The number of amides is 1. The van der Waals surface area contributed by atoms with Gasteiger partial charge in [0.05, 0.1) is 17.9 Å². The van der Waals surface area contributed by atoms with Gasteiger partial charge in [-0.05, 0) is 62.4 Å². The molecular formula is C23H30N2O4S. The Morgan fingerprint density at radius 2 is 1.97 bits per heavy atom. The molecule has 2 aromatic rings. The molecule has 1 N–H and O–H groups in total. The predicted octanol–water partition coefficient (Wildman–Crippen LogP) is 3.15. The van der Waals surface area contributed by atoms with Crippen LogP contribution in [0.5, 0.6) is 5.75 Å². The van der Waals surface area contributed by atoms with Gasteiger partial charge in [0, 0.05) is 19.6 Å². The van der Waals surface area contributed by atoms with E-state index >= 15 is 0 Å². The second-order valence-electron chi connectivity index (χ2n) is 7.76. The minimum absolute atomic E-state index is 0.0612. The lowest BCUT2D eigenvalue weighted by Gasteiger charge is -2.31. The van der Waals surface area contributed by atoms with Gasteiger partial charge in [0.1, 0.15) is 5.75 Å². The third-order valence-corrected chi connectivity index (χ3v) is 7.36. The molecule has 0 bridgehead atoms. The number of methoxy groups -OCH3 is 1. The van der Waals surface area contributed by atoms with E-state index in [1.54, 1.807) is 24.3 Å². The van der Waals surface area contributed by atoms with Crippen molar-refractivity contribution in [2.45, 2.75) is 37.5 Å². The summed E-state index contributed by atoms with van der Waals surface area (Å²) in [6, 6.07) is 14.7. The summed E-state index contributed by atoms with van der Waals surface area (Å²) in [5, 5.41) is 2.99. The first-order valence-corrected chi connectivity index (χ1v) is 11.8.